The fourth-order valence-corrected chi connectivity index (χ4v) is 1.58. The highest BCUT2D eigenvalue weighted by atomic mass is 19.4. The Bertz CT molecular complexity index is 507. The summed E-state index contributed by atoms with van der Waals surface area (Å²) in [7, 11) is 0. The van der Waals surface area contributed by atoms with Crippen molar-refractivity contribution < 1.29 is 32.6 Å². The Morgan fingerprint density at radius 2 is 1.88 bits per heavy atom. The second kappa shape index (κ2) is 3.47. The summed E-state index contributed by atoms with van der Waals surface area (Å²) in [6.45, 7) is 0. The Hall–Kier alpha value is -2.05. The molecule has 4 nitrogen and oxygen atoms in total. The molecule has 0 fully saturated rings. The van der Waals surface area contributed by atoms with Crippen molar-refractivity contribution in [2.75, 3.05) is 0 Å². The van der Waals surface area contributed by atoms with Crippen molar-refractivity contribution >= 4 is 11.8 Å². The van der Waals surface area contributed by atoms with Crippen LogP contribution < -0.4 is 4.74 Å². The van der Waals surface area contributed by atoms with Crippen LogP contribution in [0.3, 0.4) is 0 Å². The number of rotatable bonds is 0. The van der Waals surface area contributed by atoms with E-state index in [-0.39, 0.29) is 5.75 Å². The van der Waals surface area contributed by atoms with E-state index in [1.807, 2.05) is 0 Å². The zero-order chi connectivity index (χ0) is 12.8. The normalized spacial score (nSPS) is 19.8. The number of carbonyl (C=O) groups excluding carboxylic acids is 2. The van der Waals surface area contributed by atoms with Crippen LogP contribution in [0.2, 0.25) is 0 Å². The predicted molar refractivity (Wildman–Crippen MR) is 47.5 cm³/mol. The molecule has 1 aromatic rings. The molecule has 1 heterocycles. The van der Waals surface area contributed by atoms with E-state index in [4.69, 9.17) is 5.11 Å². The highest BCUT2D eigenvalue weighted by Gasteiger charge is 2.52. The van der Waals surface area contributed by atoms with Crippen LogP contribution in [0.4, 0.5) is 13.2 Å². The van der Waals surface area contributed by atoms with Crippen LogP contribution in [0.1, 0.15) is 11.5 Å². The van der Waals surface area contributed by atoms with Crippen molar-refractivity contribution in [2.45, 2.75) is 12.1 Å². The molecule has 0 saturated carbocycles. The summed E-state index contributed by atoms with van der Waals surface area (Å²) in [4.78, 5) is 22.1. The molecule has 0 saturated heterocycles. The van der Waals surface area contributed by atoms with Gasteiger partial charge in [0, 0.05) is 11.6 Å². The van der Waals surface area contributed by atoms with Crippen molar-refractivity contribution in [2.24, 2.45) is 0 Å². The third-order valence-corrected chi connectivity index (χ3v) is 2.30. The van der Waals surface area contributed by atoms with Crippen LogP contribution >= 0.6 is 0 Å². The Labute approximate surface area is 92.6 Å². The second-order valence-electron chi connectivity index (χ2n) is 3.45. The topological polar surface area (TPSA) is 63.6 Å². The third-order valence-electron chi connectivity index (χ3n) is 2.30. The van der Waals surface area contributed by atoms with Crippen molar-refractivity contribution in [3.05, 3.63) is 23.8 Å². The monoisotopic (exact) mass is 246 g/mol. The molecule has 1 unspecified atom stereocenters. The molecule has 0 radical (unpaired) electrons. The van der Waals surface area contributed by atoms with Gasteiger partial charge in [0.05, 0.1) is 0 Å². The fourth-order valence-electron chi connectivity index (χ4n) is 1.58. The van der Waals surface area contributed by atoms with Gasteiger partial charge < -0.3 is 9.84 Å². The van der Waals surface area contributed by atoms with Gasteiger partial charge in [0.25, 0.3) is 5.78 Å². The second-order valence-corrected chi connectivity index (χ2v) is 3.45. The molecule has 1 aliphatic rings. The number of alkyl halides is 3. The highest BCUT2D eigenvalue weighted by molar-refractivity contribution is 6.37. The van der Waals surface area contributed by atoms with E-state index < -0.39 is 35.2 Å². The molecule has 7 heteroatoms. The minimum atomic E-state index is -4.87. The van der Waals surface area contributed by atoms with Crippen LogP contribution in [0, 0.1) is 0 Å². The quantitative estimate of drug-likeness (QED) is 0.428. The molecule has 0 bridgehead atoms. The SMILES string of the molecule is O=C1Oc2cc(O)ccc2C(C(F)(F)F)C1=O. The Morgan fingerprint density at radius 1 is 1.24 bits per heavy atom. The molecule has 0 aromatic heterocycles. The molecule has 0 spiro atoms. The number of esters is 1. The summed E-state index contributed by atoms with van der Waals surface area (Å²) in [5.74, 6) is -6.57. The fraction of sp³-hybridized carbons (Fsp3) is 0.200. The van der Waals surface area contributed by atoms with Gasteiger partial charge in [0.2, 0.25) is 0 Å². The number of ketones is 1. The van der Waals surface area contributed by atoms with Crippen LogP contribution in [-0.4, -0.2) is 23.0 Å². The number of ether oxygens (including phenoxy) is 1. The zero-order valence-electron chi connectivity index (χ0n) is 8.12. The van der Waals surface area contributed by atoms with E-state index in [0.717, 1.165) is 18.2 Å². The van der Waals surface area contributed by atoms with E-state index in [2.05, 4.69) is 4.74 Å². The number of halogens is 3. The first-order chi connectivity index (χ1) is 7.80. The lowest BCUT2D eigenvalue weighted by atomic mass is 9.91. The molecule has 17 heavy (non-hydrogen) atoms. The van der Waals surface area contributed by atoms with Gasteiger partial charge in [-0.05, 0) is 6.07 Å². The van der Waals surface area contributed by atoms with Crippen molar-refractivity contribution in [3.63, 3.8) is 0 Å². The summed E-state index contributed by atoms with van der Waals surface area (Å²) in [6, 6.07) is 2.76. The smallest absolute Gasteiger partial charge is 0.403 e. The minimum Gasteiger partial charge on any atom is -0.508 e. The first kappa shape index (κ1) is 11.4. The molecule has 90 valence electrons. The molecule has 1 atom stereocenters. The average Bonchev–Trinajstić information content (AvgIpc) is 2.18. The molecular formula is C10H5F3O4. The number of benzene rings is 1. The number of hydrogen-bond donors (Lipinski definition) is 1. The molecule has 2 rings (SSSR count). The maximum absolute atomic E-state index is 12.7. The molecule has 0 aliphatic carbocycles. The van der Waals surface area contributed by atoms with Gasteiger partial charge in [-0.15, -0.1) is 0 Å². The first-order valence-corrected chi connectivity index (χ1v) is 4.46. The van der Waals surface area contributed by atoms with E-state index in [0.29, 0.717) is 0 Å². The lowest BCUT2D eigenvalue weighted by molar-refractivity contribution is -0.174. The molecule has 1 N–H and O–H groups in total. The predicted octanol–water partition coefficient (Wildman–Crippen LogP) is 1.53. The number of aromatic hydroxyl groups is 1. The van der Waals surface area contributed by atoms with Crippen molar-refractivity contribution in [1.82, 2.24) is 0 Å². The van der Waals surface area contributed by atoms with Gasteiger partial charge in [-0.25, -0.2) is 4.79 Å². The highest BCUT2D eigenvalue weighted by Crippen LogP contribution is 2.43. The standard InChI is InChI=1S/C10H5F3O4/c11-10(12,13)7-5-2-1-4(14)3-6(5)17-9(16)8(7)15/h1-3,7,14H. The van der Waals surface area contributed by atoms with Crippen LogP contribution in [0.5, 0.6) is 11.5 Å². The Kier molecular flexibility index (Phi) is 2.34. The lowest BCUT2D eigenvalue weighted by Gasteiger charge is -2.24. The lowest BCUT2D eigenvalue weighted by Crippen LogP contribution is -2.39. The number of phenolic OH excluding ortho intramolecular Hbond substituents is 1. The molecular weight excluding hydrogens is 241 g/mol. The largest absolute Gasteiger partial charge is 0.508 e. The average molecular weight is 246 g/mol. The maximum atomic E-state index is 12.7. The van der Waals surface area contributed by atoms with Gasteiger partial charge in [-0.3, -0.25) is 4.79 Å². The number of carbonyl (C=O) groups is 2. The van der Waals surface area contributed by atoms with E-state index in [1.54, 1.807) is 0 Å². The van der Waals surface area contributed by atoms with Crippen LogP contribution in [0.15, 0.2) is 18.2 Å². The van der Waals surface area contributed by atoms with E-state index >= 15 is 0 Å². The van der Waals surface area contributed by atoms with Crippen molar-refractivity contribution in [1.29, 1.82) is 0 Å². The summed E-state index contributed by atoms with van der Waals surface area (Å²) in [6.07, 6.45) is -4.87. The van der Waals surface area contributed by atoms with Crippen molar-refractivity contribution in [3.8, 4) is 11.5 Å². The van der Waals surface area contributed by atoms with Crippen LogP contribution in [-0.2, 0) is 9.59 Å². The summed E-state index contributed by atoms with van der Waals surface area (Å²) in [5, 5.41) is 9.07. The van der Waals surface area contributed by atoms with Gasteiger partial charge >= 0.3 is 12.1 Å². The van der Waals surface area contributed by atoms with Gasteiger partial charge in [0.15, 0.2) is 5.92 Å². The van der Waals surface area contributed by atoms with Gasteiger partial charge in [-0.2, -0.15) is 13.2 Å². The Balaban J connectivity index is 2.61. The molecule has 0 amide bonds. The summed E-state index contributed by atoms with van der Waals surface area (Å²) in [5.41, 5.74) is -0.472. The Morgan fingerprint density at radius 3 is 2.47 bits per heavy atom. The molecule has 1 aliphatic heterocycles. The minimum absolute atomic E-state index is 0.355. The maximum Gasteiger partial charge on any atom is 0.403 e. The number of Topliss-reactive ketones (excluding diaryl/α,β-unsaturated/α-hetero) is 1. The van der Waals surface area contributed by atoms with Gasteiger partial charge in [-0.1, -0.05) is 6.07 Å². The first-order valence-electron chi connectivity index (χ1n) is 4.46. The number of hydrogen-bond acceptors (Lipinski definition) is 4. The van der Waals surface area contributed by atoms with E-state index in [1.165, 1.54) is 0 Å². The van der Waals surface area contributed by atoms with Gasteiger partial charge in [0.1, 0.15) is 11.5 Å². The summed E-state index contributed by atoms with van der Waals surface area (Å²) < 4.78 is 42.4. The molecule has 1 aromatic carbocycles. The summed E-state index contributed by atoms with van der Waals surface area (Å²) >= 11 is 0. The van der Waals surface area contributed by atoms with Crippen LogP contribution in [0.25, 0.3) is 0 Å². The zero-order valence-corrected chi connectivity index (χ0v) is 8.12. The van der Waals surface area contributed by atoms with E-state index in [9.17, 15) is 22.8 Å². The number of fused-ring (bicyclic) bond motifs is 1. The number of phenols is 1. The third kappa shape index (κ3) is 1.83.